The number of hydrogen-bond acceptors (Lipinski definition) is 16. The van der Waals surface area contributed by atoms with Crippen molar-refractivity contribution >= 4 is 0 Å². The van der Waals surface area contributed by atoms with Gasteiger partial charge in [-0.2, -0.15) is 21.0 Å². The molecule has 0 bridgehead atoms. The number of fused-ring (bicyclic) bond motifs is 4. The zero-order chi connectivity index (χ0) is 68.5. The summed E-state index contributed by atoms with van der Waals surface area (Å²) in [5, 5.41) is 84.6. The van der Waals surface area contributed by atoms with Gasteiger partial charge in [0.05, 0.1) is 24.4 Å². The molecule has 10 aromatic rings. The summed E-state index contributed by atoms with van der Waals surface area (Å²) in [6, 6.07) is 64.7. The molecule has 0 saturated carbocycles. The average Bonchev–Trinajstić information content (AvgIpc) is 1.52. The monoisotopic (exact) mass is 1290 g/mol. The topological polar surface area (TPSA) is 250 Å². The molecule has 0 saturated heterocycles. The third-order valence-corrected chi connectivity index (χ3v) is 17.8. The fourth-order valence-electron chi connectivity index (χ4n) is 13.0. The van der Waals surface area contributed by atoms with E-state index in [1.807, 2.05) is 24.3 Å². The molecule has 1 spiro atoms. The second-order valence-corrected chi connectivity index (χ2v) is 25.7. The van der Waals surface area contributed by atoms with Crippen LogP contribution in [0.15, 0.2) is 194 Å². The fourth-order valence-corrected chi connectivity index (χ4v) is 13.0. The Hall–Kier alpha value is -11.6. The lowest BCUT2D eigenvalue weighted by Gasteiger charge is -2.31. The molecule has 0 aromatic heterocycles. The maximum absolute atomic E-state index is 11.0. The van der Waals surface area contributed by atoms with Crippen LogP contribution in [0.3, 0.4) is 0 Å². The van der Waals surface area contributed by atoms with Crippen molar-refractivity contribution in [3.63, 3.8) is 0 Å². The molecule has 0 amide bonds. The summed E-state index contributed by atoms with van der Waals surface area (Å²) >= 11 is 0. The highest BCUT2D eigenvalue weighted by Gasteiger charge is 2.57. The fraction of sp³-hybridized carbons (Fsp3) is 0.210. The molecule has 0 fully saturated rings. The highest BCUT2D eigenvalue weighted by Crippen LogP contribution is 2.66. The molecule has 2 aliphatic rings. The van der Waals surface area contributed by atoms with Gasteiger partial charge < -0.3 is 58.3 Å². The molecule has 4 N–H and O–H groups in total. The van der Waals surface area contributed by atoms with Gasteiger partial charge in [-0.15, -0.1) is 0 Å². The minimum Gasteiger partial charge on any atom is -0.456 e. The smallest absolute Gasteiger partial charge is 0.170 e. The second kappa shape index (κ2) is 26.7. The molecule has 16 heteroatoms. The number of nitrogens with zero attached hydrogens (tertiary/aromatic N) is 4. The summed E-state index contributed by atoms with van der Waals surface area (Å²) in [6.45, 7) is 15.3. The minimum atomic E-state index is -0.822. The van der Waals surface area contributed by atoms with Crippen LogP contribution in [0.2, 0.25) is 0 Å². The number of benzene rings is 10. The first-order chi connectivity index (χ1) is 46.6. The summed E-state index contributed by atoms with van der Waals surface area (Å²) in [5.41, 5.74) is 4.61. The highest BCUT2D eigenvalue weighted by molar-refractivity contribution is 5.69. The van der Waals surface area contributed by atoms with Crippen molar-refractivity contribution in [3.05, 3.63) is 261 Å². The van der Waals surface area contributed by atoms with Crippen LogP contribution in [0, 0.1) is 45.3 Å². The van der Waals surface area contributed by atoms with Crippen molar-refractivity contribution in [2.75, 3.05) is 0 Å². The van der Waals surface area contributed by atoms with Crippen molar-refractivity contribution in [2.24, 2.45) is 0 Å². The Labute approximate surface area is 562 Å². The maximum atomic E-state index is 11.0. The van der Waals surface area contributed by atoms with Crippen LogP contribution in [-0.2, 0) is 16.2 Å². The summed E-state index contributed by atoms with van der Waals surface area (Å²) in [5.74, 6) is 3.92. The van der Waals surface area contributed by atoms with Gasteiger partial charge in [-0.3, -0.25) is 0 Å². The van der Waals surface area contributed by atoms with Gasteiger partial charge in [-0.25, -0.2) is 0 Å². The van der Waals surface area contributed by atoms with E-state index in [0.29, 0.717) is 58.1 Å². The molecule has 4 atom stereocenters. The van der Waals surface area contributed by atoms with E-state index in [2.05, 4.69) is 52.0 Å². The SMILES string of the molecule is CC(O)c1ccc(Oc2cccc(Oc3cc4c(cc3Oc3cccc(Oc5ccc(C(C)O)cc5)c3C#N)C3(CC4(C)C)CC(C)(C)c4cc(Oc5cccc(Oc6ccc(C(C)O)cc6)c5C#N)c(Oc5cccc(Oc6ccc(C(C)O)cc6)c5C#N)cc43)c2C#N)cc1. The van der Waals surface area contributed by atoms with E-state index in [1.54, 1.807) is 198 Å². The van der Waals surface area contributed by atoms with Crippen LogP contribution in [-0.4, -0.2) is 20.4 Å². The molecule has 16 nitrogen and oxygen atoms in total. The Bertz CT molecular complexity index is 4510. The Balaban J connectivity index is 1.01. The van der Waals surface area contributed by atoms with Crippen LogP contribution in [0.1, 0.15) is 159 Å². The molecular weight excluding hydrogens is 1220 g/mol. The van der Waals surface area contributed by atoms with Crippen LogP contribution in [0.4, 0.5) is 0 Å². The van der Waals surface area contributed by atoms with Gasteiger partial charge in [0.15, 0.2) is 23.0 Å². The van der Waals surface area contributed by atoms with E-state index in [4.69, 9.17) is 37.9 Å². The average molecular weight is 1290 g/mol. The number of hydrogen-bond donors (Lipinski definition) is 4. The van der Waals surface area contributed by atoms with Crippen molar-refractivity contribution in [1.29, 1.82) is 21.0 Å². The summed E-state index contributed by atoms with van der Waals surface area (Å²) in [6.07, 6.45) is -1.71. The van der Waals surface area contributed by atoms with Gasteiger partial charge in [0.1, 0.15) is 116 Å². The lowest BCUT2D eigenvalue weighted by molar-refractivity contribution is 0.199. The molecule has 12 rings (SSSR count). The molecule has 97 heavy (non-hydrogen) atoms. The Kier molecular flexibility index (Phi) is 18.0. The summed E-state index contributed by atoms with van der Waals surface area (Å²) < 4.78 is 53.2. The number of aliphatic hydroxyl groups excluding tert-OH is 4. The van der Waals surface area contributed by atoms with E-state index >= 15 is 0 Å². The van der Waals surface area contributed by atoms with Crippen LogP contribution in [0.25, 0.3) is 0 Å². The Morgan fingerprint density at radius 2 is 0.485 bits per heavy atom. The van der Waals surface area contributed by atoms with Crippen LogP contribution >= 0.6 is 0 Å². The molecular formula is C81H68N4O12. The summed E-state index contributed by atoms with van der Waals surface area (Å²) in [4.78, 5) is 0. The zero-order valence-corrected chi connectivity index (χ0v) is 54.5. The van der Waals surface area contributed by atoms with Gasteiger partial charge >= 0.3 is 0 Å². The summed E-state index contributed by atoms with van der Waals surface area (Å²) in [7, 11) is 0. The minimum absolute atomic E-state index is 0.0726. The van der Waals surface area contributed by atoms with Crippen LogP contribution < -0.4 is 37.9 Å². The first kappa shape index (κ1) is 65.5. The quantitative estimate of drug-likeness (QED) is 0.0554. The van der Waals surface area contributed by atoms with Gasteiger partial charge in [0, 0.05) is 5.41 Å². The largest absolute Gasteiger partial charge is 0.456 e. The maximum Gasteiger partial charge on any atom is 0.170 e. The number of rotatable bonds is 20. The standard InChI is InChI=1S/C81H68N4O12/c1-47(86)51-21-29-55(30-22-51)90-67-13-9-17-71(59(67)41-82)94-75-37-63-65(39-77(75)96-73-19-11-15-69(61(73)43-84)92-57-33-25-53(26-34-57)49(3)88)81(45-79(63,5)6)46-80(7,8)64-38-76(95-72-18-10-14-68(60(72)42-83)91-56-31-23-52(24-32-56)48(2)87)78(40-66(64)81)97-74-20-12-16-70(62(74)44-85)93-58-35-27-54(28-36-58)50(4)89/h9-40,47-50,86-89H,45-46H2,1-8H3. The van der Waals surface area contributed by atoms with Crippen LogP contribution in [0.5, 0.6) is 92.0 Å². The molecule has 0 heterocycles. The molecule has 2 aliphatic carbocycles. The van der Waals surface area contributed by atoms with Crippen molar-refractivity contribution < 1.29 is 58.3 Å². The molecule has 0 aliphatic heterocycles. The number of ether oxygens (including phenoxy) is 8. The van der Waals surface area contributed by atoms with Gasteiger partial charge in [-0.1, -0.05) is 100 Å². The van der Waals surface area contributed by atoms with Gasteiger partial charge in [-0.05, 0) is 217 Å². The molecule has 484 valence electrons. The molecule has 4 unspecified atom stereocenters. The third kappa shape index (κ3) is 13.2. The first-order valence-corrected chi connectivity index (χ1v) is 31.6. The number of aliphatic hydroxyl groups is 4. The second-order valence-electron chi connectivity index (χ2n) is 25.7. The number of nitriles is 4. The third-order valence-electron chi connectivity index (χ3n) is 17.8. The van der Waals surface area contributed by atoms with Crippen molar-refractivity contribution in [3.8, 4) is 116 Å². The lowest BCUT2D eigenvalue weighted by atomic mass is 9.72. The Morgan fingerprint density at radius 3 is 0.680 bits per heavy atom. The van der Waals surface area contributed by atoms with E-state index in [1.165, 1.54) is 0 Å². The molecule has 10 aromatic carbocycles. The van der Waals surface area contributed by atoms with Gasteiger partial charge in [0.25, 0.3) is 0 Å². The van der Waals surface area contributed by atoms with E-state index < -0.39 is 40.7 Å². The van der Waals surface area contributed by atoms with E-state index in [-0.39, 0.29) is 91.2 Å². The highest BCUT2D eigenvalue weighted by atomic mass is 16.5. The zero-order valence-electron chi connectivity index (χ0n) is 54.5. The van der Waals surface area contributed by atoms with Crippen molar-refractivity contribution in [1.82, 2.24) is 0 Å². The predicted octanol–water partition coefficient (Wildman–Crippen LogP) is 19.4. The normalized spacial score (nSPS) is 15.8. The van der Waals surface area contributed by atoms with Gasteiger partial charge in [0.2, 0.25) is 0 Å². The van der Waals surface area contributed by atoms with E-state index in [0.717, 1.165) is 22.3 Å². The van der Waals surface area contributed by atoms with E-state index in [9.17, 15) is 41.5 Å². The Morgan fingerprint density at radius 1 is 0.289 bits per heavy atom. The first-order valence-electron chi connectivity index (χ1n) is 31.6. The molecule has 0 radical (unpaired) electrons. The predicted molar refractivity (Wildman–Crippen MR) is 362 cm³/mol. The van der Waals surface area contributed by atoms with Crippen molar-refractivity contribution in [2.45, 2.75) is 109 Å². The lowest BCUT2D eigenvalue weighted by Crippen LogP contribution is -2.27.